The van der Waals surface area contributed by atoms with Crippen molar-refractivity contribution in [2.45, 2.75) is 52.0 Å². The molecule has 0 heterocycles. The molecule has 0 saturated carbocycles. The largest absolute Gasteiger partial charge is 0.481 e. The predicted octanol–water partition coefficient (Wildman–Crippen LogP) is 4.56. The molecule has 0 aromatic heterocycles. The molecule has 3 rings (SSSR count). The lowest BCUT2D eigenvalue weighted by atomic mass is 9.97. The Morgan fingerprint density at radius 2 is 1.59 bits per heavy atom. The lowest BCUT2D eigenvalue weighted by Gasteiger charge is -2.24. The van der Waals surface area contributed by atoms with Gasteiger partial charge < -0.3 is 20.5 Å². The summed E-state index contributed by atoms with van der Waals surface area (Å²) in [6.07, 6.45) is 0.616. The Balaban J connectivity index is 1.59. The van der Waals surface area contributed by atoms with Crippen LogP contribution in [0.5, 0.6) is 0 Å². The summed E-state index contributed by atoms with van der Waals surface area (Å²) in [7, 11) is 0. The molecule has 0 fully saturated rings. The molecule has 0 saturated heterocycles. The third-order valence-electron chi connectivity index (χ3n) is 6.59. The van der Waals surface area contributed by atoms with Crippen molar-refractivity contribution < 1.29 is 24.2 Å². The van der Waals surface area contributed by atoms with Gasteiger partial charge in [-0.05, 0) is 40.5 Å². The molecule has 2 amide bonds. The quantitative estimate of drug-likeness (QED) is 0.450. The Labute approximate surface area is 200 Å². The van der Waals surface area contributed by atoms with E-state index in [-0.39, 0.29) is 36.7 Å². The van der Waals surface area contributed by atoms with Crippen LogP contribution in [-0.2, 0) is 14.3 Å². The van der Waals surface area contributed by atoms with E-state index in [0.29, 0.717) is 19.4 Å². The van der Waals surface area contributed by atoms with Crippen LogP contribution in [0.2, 0.25) is 0 Å². The van der Waals surface area contributed by atoms with E-state index in [1.54, 1.807) is 0 Å². The number of hydrogen-bond acceptors (Lipinski definition) is 4. The Bertz CT molecular complexity index is 976. The summed E-state index contributed by atoms with van der Waals surface area (Å²) >= 11 is 0. The number of carbonyl (C=O) groups is 3. The molecule has 3 unspecified atom stereocenters. The SMILES string of the molecule is CCC(C)C(NC(=O)OCC1c2ccccc2-c2ccccc21)C(=O)NCC(C)CCC(=O)O. The van der Waals surface area contributed by atoms with Gasteiger partial charge >= 0.3 is 12.1 Å². The summed E-state index contributed by atoms with van der Waals surface area (Å²) in [6.45, 7) is 6.29. The number of nitrogens with one attached hydrogen (secondary N) is 2. The zero-order valence-corrected chi connectivity index (χ0v) is 20.0. The highest BCUT2D eigenvalue weighted by Crippen LogP contribution is 2.44. The molecule has 0 radical (unpaired) electrons. The second-order valence-corrected chi connectivity index (χ2v) is 9.12. The van der Waals surface area contributed by atoms with E-state index in [2.05, 4.69) is 34.9 Å². The lowest BCUT2D eigenvalue weighted by molar-refractivity contribution is -0.137. The molecular formula is C27H34N2O5. The van der Waals surface area contributed by atoms with E-state index in [9.17, 15) is 14.4 Å². The van der Waals surface area contributed by atoms with Crippen LogP contribution in [0.25, 0.3) is 11.1 Å². The molecule has 3 N–H and O–H groups in total. The first kappa shape index (κ1) is 25.3. The highest BCUT2D eigenvalue weighted by atomic mass is 16.5. The smallest absolute Gasteiger partial charge is 0.407 e. The van der Waals surface area contributed by atoms with Crippen LogP contribution in [0.4, 0.5) is 4.79 Å². The number of aliphatic carboxylic acids is 1. The summed E-state index contributed by atoms with van der Waals surface area (Å²) in [4.78, 5) is 36.3. The second-order valence-electron chi connectivity index (χ2n) is 9.12. The highest BCUT2D eigenvalue weighted by Gasteiger charge is 2.31. The number of carboxylic acid groups (broad SMARTS) is 1. The number of amides is 2. The third kappa shape index (κ3) is 6.16. The molecule has 3 atom stereocenters. The van der Waals surface area contributed by atoms with E-state index in [4.69, 9.17) is 9.84 Å². The minimum Gasteiger partial charge on any atom is -0.481 e. The molecule has 1 aliphatic carbocycles. The number of rotatable bonds is 11. The van der Waals surface area contributed by atoms with Gasteiger partial charge in [0.1, 0.15) is 12.6 Å². The van der Waals surface area contributed by atoms with Crippen LogP contribution in [0.15, 0.2) is 48.5 Å². The molecular weight excluding hydrogens is 432 g/mol. The number of carbonyl (C=O) groups excluding carboxylic acids is 2. The van der Waals surface area contributed by atoms with Gasteiger partial charge in [0, 0.05) is 18.9 Å². The molecule has 7 nitrogen and oxygen atoms in total. The summed E-state index contributed by atoms with van der Waals surface area (Å²) in [5.74, 6) is -1.26. The summed E-state index contributed by atoms with van der Waals surface area (Å²) < 4.78 is 5.61. The van der Waals surface area contributed by atoms with Crippen LogP contribution in [-0.4, -0.2) is 42.3 Å². The van der Waals surface area contributed by atoms with Crippen LogP contribution in [0.1, 0.15) is 57.1 Å². The fraction of sp³-hybridized carbons (Fsp3) is 0.444. The number of benzene rings is 2. The summed E-state index contributed by atoms with van der Waals surface area (Å²) in [5, 5.41) is 14.4. The van der Waals surface area contributed by atoms with Crippen molar-refractivity contribution in [3.63, 3.8) is 0 Å². The van der Waals surface area contributed by atoms with Crippen LogP contribution in [0.3, 0.4) is 0 Å². The molecule has 34 heavy (non-hydrogen) atoms. The number of alkyl carbamates (subject to hydrolysis) is 1. The first-order valence-corrected chi connectivity index (χ1v) is 11.9. The lowest BCUT2D eigenvalue weighted by Crippen LogP contribution is -2.51. The fourth-order valence-electron chi connectivity index (χ4n) is 4.33. The molecule has 0 spiro atoms. The highest BCUT2D eigenvalue weighted by molar-refractivity contribution is 5.86. The molecule has 2 aromatic rings. The number of fused-ring (bicyclic) bond motifs is 3. The van der Waals surface area contributed by atoms with Crippen molar-refractivity contribution in [3.05, 3.63) is 59.7 Å². The van der Waals surface area contributed by atoms with Crippen LogP contribution in [0, 0.1) is 11.8 Å². The zero-order chi connectivity index (χ0) is 24.7. The molecule has 0 bridgehead atoms. The normalized spacial score (nSPS) is 14.9. The van der Waals surface area contributed by atoms with Crippen molar-refractivity contribution in [1.82, 2.24) is 10.6 Å². The summed E-state index contributed by atoms with van der Waals surface area (Å²) in [6, 6.07) is 15.5. The maximum Gasteiger partial charge on any atom is 0.407 e. The molecule has 0 aliphatic heterocycles. The van der Waals surface area contributed by atoms with Gasteiger partial charge in [-0.3, -0.25) is 9.59 Å². The predicted molar refractivity (Wildman–Crippen MR) is 130 cm³/mol. The Morgan fingerprint density at radius 3 is 2.15 bits per heavy atom. The first-order valence-electron chi connectivity index (χ1n) is 11.9. The standard InChI is InChI=1S/C27H34N2O5/c1-4-18(3)25(26(32)28-15-17(2)13-14-24(30)31)29-27(33)34-16-23-21-11-7-5-9-19(21)20-10-6-8-12-22(20)23/h5-12,17-18,23,25H,4,13-16H2,1-3H3,(H,28,32)(H,29,33)(H,30,31). The van der Waals surface area contributed by atoms with E-state index >= 15 is 0 Å². The monoisotopic (exact) mass is 466 g/mol. The van der Waals surface area contributed by atoms with E-state index in [1.165, 1.54) is 0 Å². The Hall–Kier alpha value is -3.35. The van der Waals surface area contributed by atoms with E-state index in [0.717, 1.165) is 22.3 Å². The van der Waals surface area contributed by atoms with Gasteiger partial charge in [-0.1, -0.05) is 75.7 Å². The van der Waals surface area contributed by atoms with E-state index in [1.807, 2.05) is 45.0 Å². The van der Waals surface area contributed by atoms with Gasteiger partial charge in [0.2, 0.25) is 5.91 Å². The minimum absolute atomic E-state index is 0.0205. The van der Waals surface area contributed by atoms with Crippen molar-refractivity contribution in [3.8, 4) is 11.1 Å². The Morgan fingerprint density at radius 1 is 1.00 bits per heavy atom. The third-order valence-corrected chi connectivity index (χ3v) is 6.59. The first-order chi connectivity index (χ1) is 16.3. The van der Waals surface area contributed by atoms with Gasteiger partial charge in [-0.15, -0.1) is 0 Å². The van der Waals surface area contributed by atoms with Gasteiger partial charge in [-0.25, -0.2) is 4.79 Å². The van der Waals surface area contributed by atoms with E-state index < -0.39 is 18.1 Å². The van der Waals surface area contributed by atoms with Crippen molar-refractivity contribution in [2.75, 3.05) is 13.2 Å². The van der Waals surface area contributed by atoms with Gasteiger partial charge in [0.05, 0.1) is 0 Å². The average molecular weight is 467 g/mol. The molecule has 1 aliphatic rings. The number of ether oxygens (including phenoxy) is 1. The van der Waals surface area contributed by atoms with Gasteiger partial charge in [0.25, 0.3) is 0 Å². The van der Waals surface area contributed by atoms with Crippen LogP contribution >= 0.6 is 0 Å². The number of carboxylic acids is 1. The zero-order valence-electron chi connectivity index (χ0n) is 20.0. The van der Waals surface area contributed by atoms with Crippen molar-refractivity contribution in [1.29, 1.82) is 0 Å². The minimum atomic E-state index is -0.854. The molecule has 2 aromatic carbocycles. The van der Waals surface area contributed by atoms with Gasteiger partial charge in [0.15, 0.2) is 0 Å². The van der Waals surface area contributed by atoms with Crippen molar-refractivity contribution >= 4 is 18.0 Å². The summed E-state index contributed by atoms with van der Waals surface area (Å²) in [5.41, 5.74) is 4.56. The topological polar surface area (TPSA) is 105 Å². The van der Waals surface area contributed by atoms with Gasteiger partial charge in [-0.2, -0.15) is 0 Å². The maximum absolute atomic E-state index is 12.8. The maximum atomic E-state index is 12.8. The second kappa shape index (κ2) is 11.7. The van der Waals surface area contributed by atoms with Crippen LogP contribution < -0.4 is 10.6 Å². The molecule has 182 valence electrons. The Kier molecular flexibility index (Phi) is 8.68. The average Bonchev–Trinajstić information content (AvgIpc) is 3.16. The van der Waals surface area contributed by atoms with Crippen molar-refractivity contribution in [2.24, 2.45) is 11.8 Å². The number of hydrogen-bond donors (Lipinski definition) is 3. The molecule has 7 heteroatoms. The fourth-order valence-corrected chi connectivity index (χ4v) is 4.33.